The van der Waals surface area contributed by atoms with Crippen molar-refractivity contribution >= 4 is 43.1 Å². The Morgan fingerprint density at radius 1 is 0.821 bits per heavy atom. The average molecular weight is 781 g/mol. The molecule has 2 aromatic carbocycles. The molecule has 0 aliphatic carbocycles. The Morgan fingerprint density at radius 3 is 2.07 bits per heavy atom. The molecule has 4 N–H and O–H groups in total. The molecule has 2 aliphatic heterocycles. The maximum absolute atomic E-state index is 13.8. The fraction of sp³-hybridized carbons (Fsp3) is 0.463. The number of likely N-dealkylation sites (tertiary alicyclic amines) is 1. The summed E-state index contributed by atoms with van der Waals surface area (Å²) < 4.78 is 9.54. The van der Waals surface area contributed by atoms with Crippen LogP contribution in [0.2, 0.25) is 19.1 Å². The number of rotatable bonds is 9. The first-order valence-electron chi connectivity index (χ1n) is 19.1. The second-order valence-electron chi connectivity index (χ2n) is 16.1. The van der Waals surface area contributed by atoms with Crippen LogP contribution in [0.1, 0.15) is 75.5 Å². The minimum Gasteiger partial charge on any atom is -0.453 e. The minimum absolute atomic E-state index is 0.111. The van der Waals surface area contributed by atoms with Crippen LogP contribution in [0.4, 0.5) is 9.59 Å². The number of hydrogen-bond donors (Lipinski definition) is 4. The molecular weight excluding hydrogens is 729 g/mol. The highest BCUT2D eigenvalue weighted by Crippen LogP contribution is 2.38. The maximum Gasteiger partial charge on any atom is 0.407 e. The Morgan fingerprint density at radius 2 is 1.45 bits per heavy atom. The molecule has 0 saturated carbocycles. The van der Waals surface area contributed by atoms with Crippen LogP contribution in [-0.2, 0) is 19.1 Å². The van der Waals surface area contributed by atoms with Gasteiger partial charge in [-0.2, -0.15) is 0 Å². The molecule has 2 saturated heterocycles. The van der Waals surface area contributed by atoms with Crippen molar-refractivity contribution in [1.29, 1.82) is 0 Å². The molecule has 0 bridgehead atoms. The number of amides is 4. The van der Waals surface area contributed by atoms with Crippen molar-refractivity contribution < 1.29 is 28.7 Å². The number of H-pyrrole nitrogens is 2. The summed E-state index contributed by atoms with van der Waals surface area (Å²) in [6, 6.07) is 13.1. The highest BCUT2D eigenvalue weighted by molar-refractivity contribution is 6.78. The Bertz CT molecular complexity index is 2150. The standard InChI is InChI=1S/C41H52N8O6Si/c1-24(2)34(46-40(52)54-5)38(50)48-19-9-10-32(48)37-44-30-18-16-28(20-31(30)45-37)27-14-11-26(12-15-27)13-17-29-21-42-36(43-29)33-22-56(7,8)23-49(33)39(51)35(25(3)4)47-41(53)55-6/h11-12,14-16,18,20-21,24-25,32-35H,9-10,19,22-23H2,1-8H3,(H,42,43)(H,44,45)(H,46,52)(H,47,53)/t32-,33-,34-,35-/m0/s1. The molecule has 2 aromatic heterocycles. The van der Waals surface area contributed by atoms with Crippen LogP contribution in [0.5, 0.6) is 0 Å². The maximum atomic E-state index is 13.8. The van der Waals surface area contributed by atoms with Gasteiger partial charge < -0.3 is 39.9 Å². The van der Waals surface area contributed by atoms with Crippen LogP contribution in [0.3, 0.4) is 0 Å². The fourth-order valence-electron chi connectivity index (χ4n) is 7.63. The van der Waals surface area contributed by atoms with Gasteiger partial charge in [0.15, 0.2) is 0 Å². The van der Waals surface area contributed by atoms with Crippen LogP contribution in [-0.4, -0.2) is 101 Å². The number of hydrogen-bond acceptors (Lipinski definition) is 8. The monoisotopic (exact) mass is 780 g/mol. The predicted octanol–water partition coefficient (Wildman–Crippen LogP) is 5.91. The van der Waals surface area contributed by atoms with Gasteiger partial charge >= 0.3 is 12.2 Å². The van der Waals surface area contributed by atoms with E-state index < -0.39 is 32.3 Å². The molecule has 4 heterocycles. The third-order valence-corrected chi connectivity index (χ3v) is 13.3. The number of fused-ring (bicyclic) bond motifs is 1. The van der Waals surface area contributed by atoms with Gasteiger partial charge in [-0.1, -0.05) is 64.9 Å². The number of carbonyl (C=O) groups excluding carboxylic acids is 4. The molecule has 0 unspecified atom stereocenters. The van der Waals surface area contributed by atoms with Crippen molar-refractivity contribution in [2.45, 2.75) is 83.8 Å². The van der Waals surface area contributed by atoms with Gasteiger partial charge in [0.05, 0.1) is 51.6 Å². The molecule has 14 nitrogen and oxygen atoms in total. The van der Waals surface area contributed by atoms with Crippen molar-refractivity contribution in [1.82, 2.24) is 40.4 Å². The van der Waals surface area contributed by atoms with E-state index in [4.69, 9.17) is 14.5 Å². The summed E-state index contributed by atoms with van der Waals surface area (Å²) in [7, 11) is 0.832. The van der Waals surface area contributed by atoms with Crippen molar-refractivity contribution in [2.24, 2.45) is 11.8 Å². The van der Waals surface area contributed by atoms with Crippen LogP contribution in [0, 0.1) is 23.7 Å². The van der Waals surface area contributed by atoms with E-state index in [1.54, 1.807) is 6.20 Å². The lowest BCUT2D eigenvalue weighted by atomic mass is 10.0. The van der Waals surface area contributed by atoms with E-state index in [0.29, 0.717) is 24.2 Å². The van der Waals surface area contributed by atoms with Crippen molar-refractivity contribution in [2.75, 3.05) is 26.9 Å². The number of imidazole rings is 2. The SMILES string of the molecule is COC(=O)N[C@H](C(=O)N1C[Si](C)(C)C[C@H]1c1ncc(C#Cc2ccc(-c3ccc4[nH]c([C@@H]5CCCN5C(=O)[C@@H](NC(=O)OC)C(C)C)nc4c3)cc2)[nH]1)C(C)C. The number of benzene rings is 2. The van der Waals surface area contributed by atoms with Crippen LogP contribution >= 0.6 is 0 Å². The number of alkyl carbamates (subject to hydrolysis) is 2. The summed E-state index contributed by atoms with van der Waals surface area (Å²) >= 11 is 0. The minimum atomic E-state index is -1.75. The molecule has 0 spiro atoms. The van der Waals surface area contributed by atoms with E-state index in [9.17, 15) is 19.2 Å². The second-order valence-corrected chi connectivity index (χ2v) is 21.2. The van der Waals surface area contributed by atoms with Crippen molar-refractivity contribution in [3.8, 4) is 23.0 Å². The first-order valence-corrected chi connectivity index (χ1v) is 22.6. The van der Waals surface area contributed by atoms with Gasteiger partial charge in [-0.15, -0.1) is 0 Å². The third kappa shape index (κ3) is 8.75. The Kier molecular flexibility index (Phi) is 11.9. The van der Waals surface area contributed by atoms with Gasteiger partial charge in [0.2, 0.25) is 11.8 Å². The molecule has 6 rings (SSSR count). The Balaban J connectivity index is 1.14. The molecule has 4 atom stereocenters. The van der Waals surface area contributed by atoms with Gasteiger partial charge in [-0.05, 0) is 72.0 Å². The van der Waals surface area contributed by atoms with E-state index in [1.807, 2.05) is 80.0 Å². The largest absolute Gasteiger partial charge is 0.453 e. The van der Waals surface area contributed by atoms with Gasteiger partial charge in [0.1, 0.15) is 29.4 Å². The highest BCUT2D eigenvalue weighted by Gasteiger charge is 2.46. The number of aromatic amines is 2. The van der Waals surface area contributed by atoms with Gasteiger partial charge in [0, 0.05) is 18.3 Å². The molecule has 4 aromatic rings. The first-order chi connectivity index (χ1) is 26.7. The fourth-order valence-corrected chi connectivity index (χ4v) is 10.5. The first kappa shape index (κ1) is 40.1. The highest BCUT2D eigenvalue weighted by atomic mass is 28.3. The lowest BCUT2D eigenvalue weighted by molar-refractivity contribution is -0.136. The van der Waals surface area contributed by atoms with Gasteiger partial charge in [-0.3, -0.25) is 9.59 Å². The third-order valence-electron chi connectivity index (χ3n) is 10.6. The summed E-state index contributed by atoms with van der Waals surface area (Å²) in [5, 5.41) is 5.41. The summed E-state index contributed by atoms with van der Waals surface area (Å²) in [4.78, 5) is 71.4. The van der Waals surface area contributed by atoms with E-state index in [-0.39, 0.29) is 35.7 Å². The Hall–Kier alpha value is -5.62. The number of ether oxygens (including phenoxy) is 2. The number of nitrogens with one attached hydrogen (secondary N) is 4. The van der Waals surface area contributed by atoms with Crippen molar-refractivity contribution in [3.05, 3.63) is 71.6 Å². The smallest absolute Gasteiger partial charge is 0.407 e. The predicted molar refractivity (Wildman–Crippen MR) is 215 cm³/mol. The van der Waals surface area contributed by atoms with E-state index in [2.05, 4.69) is 50.5 Å². The zero-order chi connectivity index (χ0) is 40.3. The average Bonchev–Trinajstić information content (AvgIpc) is 3.99. The molecule has 296 valence electrons. The van der Waals surface area contributed by atoms with Gasteiger partial charge in [0.25, 0.3) is 0 Å². The molecule has 0 radical (unpaired) electrons. The quantitative estimate of drug-likeness (QED) is 0.120. The van der Waals surface area contributed by atoms with Crippen molar-refractivity contribution in [3.63, 3.8) is 0 Å². The summed E-state index contributed by atoms with van der Waals surface area (Å²) in [5.74, 6) is 7.33. The van der Waals surface area contributed by atoms with Crippen LogP contribution < -0.4 is 10.6 Å². The number of methoxy groups -OCH3 is 2. The van der Waals surface area contributed by atoms with E-state index >= 15 is 0 Å². The van der Waals surface area contributed by atoms with E-state index in [0.717, 1.165) is 52.4 Å². The molecule has 2 fully saturated rings. The molecule has 15 heteroatoms. The molecule has 4 amide bonds. The van der Waals surface area contributed by atoms with Gasteiger partial charge in [-0.25, -0.2) is 19.6 Å². The number of nitrogens with zero attached hydrogens (tertiary/aromatic N) is 4. The second kappa shape index (κ2) is 16.6. The molecule has 2 aliphatic rings. The lowest BCUT2D eigenvalue weighted by Crippen LogP contribution is -2.52. The summed E-state index contributed by atoms with van der Waals surface area (Å²) in [6.45, 7) is 12.7. The van der Waals surface area contributed by atoms with Crippen LogP contribution in [0.25, 0.3) is 22.2 Å². The topological polar surface area (TPSA) is 175 Å². The Labute approximate surface area is 328 Å². The number of aromatic nitrogens is 4. The van der Waals surface area contributed by atoms with E-state index in [1.165, 1.54) is 14.2 Å². The summed E-state index contributed by atoms with van der Waals surface area (Å²) in [5.41, 5.74) is 5.18. The van der Waals surface area contributed by atoms with Crippen LogP contribution in [0.15, 0.2) is 48.7 Å². The molecular formula is C41H52N8O6Si. The lowest BCUT2D eigenvalue weighted by Gasteiger charge is -2.30. The zero-order valence-corrected chi connectivity index (χ0v) is 34.4. The molecule has 56 heavy (non-hydrogen) atoms. The number of carbonyl (C=O) groups is 4. The normalized spacial score (nSPS) is 18.8. The zero-order valence-electron chi connectivity index (χ0n) is 33.4. The summed E-state index contributed by atoms with van der Waals surface area (Å²) in [6.07, 6.45) is 2.73.